The highest BCUT2D eigenvalue weighted by atomic mass is 15.3. The Morgan fingerprint density at radius 3 is 2.27 bits per heavy atom. The van der Waals surface area contributed by atoms with Crippen molar-refractivity contribution in [3.05, 3.63) is 47.5 Å². The van der Waals surface area contributed by atoms with Crippen molar-refractivity contribution >= 4 is 0 Å². The van der Waals surface area contributed by atoms with Crippen LogP contribution in [0.5, 0.6) is 0 Å². The van der Waals surface area contributed by atoms with E-state index in [0.717, 1.165) is 24.3 Å². The van der Waals surface area contributed by atoms with Gasteiger partial charge in [-0.15, -0.1) is 0 Å². The number of piperazine rings is 1. The lowest BCUT2D eigenvalue weighted by Crippen LogP contribution is -2.47. The van der Waals surface area contributed by atoms with Crippen LogP contribution in [0.1, 0.15) is 24.0 Å². The highest BCUT2D eigenvalue weighted by molar-refractivity contribution is 5.21. The second-order valence-electron chi connectivity index (χ2n) is 7.60. The Kier molecular flexibility index (Phi) is 4.06. The first-order valence-corrected chi connectivity index (χ1v) is 8.95. The highest BCUT2D eigenvalue weighted by Gasteiger charge is 2.36. The molecule has 3 aliphatic rings. The number of benzene rings is 1. The summed E-state index contributed by atoms with van der Waals surface area (Å²) < 4.78 is 0. The van der Waals surface area contributed by atoms with E-state index in [1.54, 1.807) is 0 Å². The molecule has 2 bridgehead atoms. The lowest BCUT2D eigenvalue weighted by atomic mass is 9.93. The molecule has 0 radical (unpaired) electrons. The maximum atomic E-state index is 2.71. The summed E-state index contributed by atoms with van der Waals surface area (Å²) in [7, 11) is 0. The van der Waals surface area contributed by atoms with Crippen LogP contribution < -0.4 is 0 Å². The fourth-order valence-corrected chi connectivity index (χ4v) is 4.52. The summed E-state index contributed by atoms with van der Waals surface area (Å²) in [5, 5.41) is 0. The number of hydrogen-bond donors (Lipinski definition) is 0. The number of allylic oxidation sites excluding steroid dienone is 2. The molecule has 2 fully saturated rings. The molecule has 1 heterocycles. The molecule has 2 nitrogen and oxygen atoms in total. The van der Waals surface area contributed by atoms with Crippen LogP contribution in [0, 0.1) is 24.7 Å². The summed E-state index contributed by atoms with van der Waals surface area (Å²) in [5.74, 6) is 2.76. The third-order valence-electron chi connectivity index (χ3n) is 5.90. The predicted octanol–water partition coefficient (Wildman–Crippen LogP) is 3.32. The topological polar surface area (TPSA) is 6.48 Å². The van der Waals surface area contributed by atoms with Crippen LogP contribution in [-0.4, -0.2) is 42.5 Å². The van der Waals surface area contributed by atoms with E-state index in [9.17, 15) is 0 Å². The van der Waals surface area contributed by atoms with Gasteiger partial charge in [-0.05, 0) is 43.1 Å². The quantitative estimate of drug-likeness (QED) is 0.786. The predicted molar refractivity (Wildman–Crippen MR) is 91.7 cm³/mol. The van der Waals surface area contributed by atoms with Gasteiger partial charge >= 0.3 is 0 Å². The maximum absolute atomic E-state index is 2.71. The Morgan fingerprint density at radius 2 is 1.64 bits per heavy atom. The summed E-state index contributed by atoms with van der Waals surface area (Å²) in [6.07, 6.45) is 7.84. The minimum Gasteiger partial charge on any atom is -0.300 e. The van der Waals surface area contributed by atoms with Crippen LogP contribution in [0.25, 0.3) is 0 Å². The maximum Gasteiger partial charge on any atom is 0.0234 e. The van der Waals surface area contributed by atoms with Gasteiger partial charge in [0, 0.05) is 39.3 Å². The van der Waals surface area contributed by atoms with Gasteiger partial charge in [-0.3, -0.25) is 4.90 Å². The lowest BCUT2D eigenvalue weighted by Gasteiger charge is -2.37. The smallest absolute Gasteiger partial charge is 0.0234 e. The molecule has 1 aromatic carbocycles. The average molecular weight is 296 g/mol. The standard InChI is InChI=1S/C20H28N2/c1-16-2-4-17(5-3-16)14-21-8-10-22(11-9-21)15-20-13-18-6-7-19(20)12-18/h2-7,18-20H,8-15H2,1H3/t18-,19+,20+/m1/s1. The number of aryl methyl sites for hydroxylation is 1. The average Bonchev–Trinajstić information content (AvgIpc) is 3.14. The molecular formula is C20H28N2. The molecule has 118 valence electrons. The summed E-state index contributed by atoms with van der Waals surface area (Å²) in [4.78, 5) is 5.33. The van der Waals surface area contributed by atoms with Crippen LogP contribution in [-0.2, 0) is 6.54 Å². The molecule has 3 atom stereocenters. The zero-order chi connectivity index (χ0) is 14.9. The first kappa shape index (κ1) is 14.5. The van der Waals surface area contributed by atoms with Crippen molar-refractivity contribution in [1.82, 2.24) is 9.80 Å². The van der Waals surface area contributed by atoms with E-state index in [1.165, 1.54) is 56.7 Å². The van der Waals surface area contributed by atoms with Gasteiger partial charge in [0.2, 0.25) is 0 Å². The zero-order valence-electron chi connectivity index (χ0n) is 13.7. The minimum absolute atomic E-state index is 0.899. The highest BCUT2D eigenvalue weighted by Crippen LogP contribution is 2.43. The molecule has 0 aromatic heterocycles. The van der Waals surface area contributed by atoms with Crippen LogP contribution in [0.15, 0.2) is 36.4 Å². The molecule has 1 aromatic rings. The van der Waals surface area contributed by atoms with Crippen molar-refractivity contribution in [3.63, 3.8) is 0 Å². The monoisotopic (exact) mass is 296 g/mol. The van der Waals surface area contributed by atoms with E-state index in [2.05, 4.69) is 53.1 Å². The van der Waals surface area contributed by atoms with Gasteiger partial charge in [0.05, 0.1) is 0 Å². The molecule has 1 aliphatic heterocycles. The van der Waals surface area contributed by atoms with E-state index in [-0.39, 0.29) is 0 Å². The van der Waals surface area contributed by atoms with Gasteiger partial charge < -0.3 is 4.90 Å². The van der Waals surface area contributed by atoms with Gasteiger partial charge in [0.15, 0.2) is 0 Å². The largest absolute Gasteiger partial charge is 0.300 e. The molecule has 0 spiro atoms. The van der Waals surface area contributed by atoms with Gasteiger partial charge in [0.25, 0.3) is 0 Å². The molecular weight excluding hydrogens is 268 g/mol. The van der Waals surface area contributed by atoms with E-state index < -0.39 is 0 Å². The third kappa shape index (κ3) is 3.13. The van der Waals surface area contributed by atoms with Crippen molar-refractivity contribution in [1.29, 1.82) is 0 Å². The van der Waals surface area contributed by atoms with Gasteiger partial charge in [-0.2, -0.15) is 0 Å². The van der Waals surface area contributed by atoms with Crippen molar-refractivity contribution < 1.29 is 0 Å². The van der Waals surface area contributed by atoms with E-state index in [4.69, 9.17) is 0 Å². The third-order valence-corrected chi connectivity index (χ3v) is 5.90. The second kappa shape index (κ2) is 6.17. The molecule has 0 amide bonds. The summed E-state index contributed by atoms with van der Waals surface area (Å²) >= 11 is 0. The number of fused-ring (bicyclic) bond motifs is 2. The molecule has 1 saturated carbocycles. The van der Waals surface area contributed by atoms with E-state index >= 15 is 0 Å². The minimum atomic E-state index is 0.899. The Labute approximate surface area is 134 Å². The summed E-state index contributed by atoms with van der Waals surface area (Å²) in [6, 6.07) is 9.02. The fourth-order valence-electron chi connectivity index (χ4n) is 4.52. The first-order chi connectivity index (χ1) is 10.8. The molecule has 1 saturated heterocycles. The van der Waals surface area contributed by atoms with Crippen molar-refractivity contribution in [3.8, 4) is 0 Å². The molecule has 2 heteroatoms. The van der Waals surface area contributed by atoms with Crippen LogP contribution in [0.2, 0.25) is 0 Å². The SMILES string of the molecule is Cc1ccc(CN2CCN(C[C@@H]3C[C@@H]4C=C[C@H]3C4)CC2)cc1. The number of nitrogens with zero attached hydrogens (tertiary/aromatic N) is 2. The van der Waals surface area contributed by atoms with E-state index in [1.807, 2.05) is 0 Å². The molecule has 2 aliphatic carbocycles. The van der Waals surface area contributed by atoms with Crippen molar-refractivity contribution in [2.75, 3.05) is 32.7 Å². The molecule has 0 N–H and O–H groups in total. The lowest BCUT2D eigenvalue weighted by molar-refractivity contribution is 0.108. The molecule has 0 unspecified atom stereocenters. The van der Waals surface area contributed by atoms with Crippen LogP contribution in [0.4, 0.5) is 0 Å². The Balaban J connectivity index is 1.24. The van der Waals surface area contributed by atoms with Gasteiger partial charge in [0.1, 0.15) is 0 Å². The van der Waals surface area contributed by atoms with Crippen LogP contribution >= 0.6 is 0 Å². The van der Waals surface area contributed by atoms with Crippen LogP contribution in [0.3, 0.4) is 0 Å². The van der Waals surface area contributed by atoms with Gasteiger partial charge in [-0.1, -0.05) is 42.0 Å². The van der Waals surface area contributed by atoms with E-state index in [0.29, 0.717) is 0 Å². The summed E-state index contributed by atoms with van der Waals surface area (Å²) in [5.41, 5.74) is 2.81. The number of hydrogen-bond acceptors (Lipinski definition) is 2. The Hall–Kier alpha value is -1.12. The van der Waals surface area contributed by atoms with Crippen molar-refractivity contribution in [2.24, 2.45) is 17.8 Å². The summed E-state index contributed by atoms with van der Waals surface area (Å²) in [6.45, 7) is 9.57. The Morgan fingerprint density at radius 1 is 0.909 bits per heavy atom. The first-order valence-electron chi connectivity index (χ1n) is 8.95. The normalized spacial score (nSPS) is 32.0. The molecule has 22 heavy (non-hydrogen) atoms. The Bertz CT molecular complexity index is 525. The zero-order valence-corrected chi connectivity index (χ0v) is 13.7. The molecule has 4 rings (SSSR count). The van der Waals surface area contributed by atoms with Crippen molar-refractivity contribution in [2.45, 2.75) is 26.3 Å². The fraction of sp³-hybridized carbons (Fsp3) is 0.600. The van der Waals surface area contributed by atoms with Gasteiger partial charge in [-0.25, -0.2) is 0 Å². The number of rotatable bonds is 4. The second-order valence-corrected chi connectivity index (χ2v) is 7.60.